The maximum Gasteiger partial charge on any atom is 0.299 e. The number of Topliss-reactive ketones (excluding diaryl/α,β-unsaturated/α-hetero) is 1. The van der Waals surface area contributed by atoms with E-state index >= 15 is 0 Å². The molecule has 0 fully saturated rings. The summed E-state index contributed by atoms with van der Waals surface area (Å²) in [6, 6.07) is 12.4. The first kappa shape index (κ1) is 14.6. The molecular formula is C17H14ClNO3. The molecule has 5 heteroatoms. The van der Waals surface area contributed by atoms with Gasteiger partial charge in [-0.2, -0.15) is 0 Å². The summed E-state index contributed by atoms with van der Waals surface area (Å²) < 4.78 is 5.39. The van der Waals surface area contributed by atoms with E-state index < -0.39 is 11.7 Å². The average molecular weight is 316 g/mol. The summed E-state index contributed by atoms with van der Waals surface area (Å²) in [6.07, 6.45) is 0. The van der Waals surface area contributed by atoms with Crippen molar-refractivity contribution in [2.45, 2.75) is 13.5 Å². The van der Waals surface area contributed by atoms with Gasteiger partial charge in [-0.05, 0) is 42.8 Å². The molecule has 0 saturated heterocycles. The number of benzene rings is 2. The Labute approximate surface area is 133 Å². The Bertz CT molecular complexity index is 740. The first-order valence-corrected chi connectivity index (χ1v) is 7.35. The SMILES string of the molecule is CCOc1ccc(CN2C(=O)C(=O)c3cc(Cl)ccc32)cc1. The van der Waals surface area contributed by atoms with Gasteiger partial charge in [-0.25, -0.2) is 0 Å². The van der Waals surface area contributed by atoms with Crippen molar-refractivity contribution < 1.29 is 14.3 Å². The summed E-state index contributed by atoms with van der Waals surface area (Å²) in [5, 5.41) is 0.447. The molecule has 2 aromatic rings. The number of nitrogens with zero attached hydrogens (tertiary/aromatic N) is 1. The standard InChI is InChI=1S/C17H14ClNO3/c1-2-22-13-6-3-11(4-7-13)10-19-15-8-5-12(18)9-14(15)16(20)17(19)21/h3-9H,2,10H2,1H3. The predicted octanol–water partition coefficient (Wildman–Crippen LogP) is 3.47. The topological polar surface area (TPSA) is 46.6 Å². The number of carbonyl (C=O) groups excluding carboxylic acids is 2. The van der Waals surface area contributed by atoms with Crippen molar-refractivity contribution in [1.29, 1.82) is 0 Å². The molecular weight excluding hydrogens is 302 g/mol. The van der Waals surface area contributed by atoms with Crippen LogP contribution in [0.4, 0.5) is 5.69 Å². The molecule has 2 aromatic carbocycles. The Morgan fingerprint density at radius 3 is 2.50 bits per heavy atom. The van der Waals surface area contributed by atoms with Crippen LogP contribution in [0.25, 0.3) is 0 Å². The van der Waals surface area contributed by atoms with E-state index in [-0.39, 0.29) is 0 Å². The highest BCUT2D eigenvalue weighted by atomic mass is 35.5. The Morgan fingerprint density at radius 2 is 1.82 bits per heavy atom. The molecule has 0 aliphatic carbocycles. The minimum atomic E-state index is -0.522. The zero-order valence-electron chi connectivity index (χ0n) is 12.0. The molecule has 1 aliphatic heterocycles. The van der Waals surface area contributed by atoms with Gasteiger partial charge in [-0.3, -0.25) is 9.59 Å². The highest BCUT2D eigenvalue weighted by Crippen LogP contribution is 2.32. The van der Waals surface area contributed by atoms with Crippen LogP contribution in [0, 0.1) is 0 Å². The van der Waals surface area contributed by atoms with Crippen LogP contribution in [0.15, 0.2) is 42.5 Å². The zero-order valence-corrected chi connectivity index (χ0v) is 12.8. The van der Waals surface area contributed by atoms with E-state index in [4.69, 9.17) is 16.3 Å². The molecule has 0 unspecified atom stereocenters. The molecule has 0 aromatic heterocycles. The number of amides is 1. The molecule has 3 rings (SSSR count). The van der Waals surface area contributed by atoms with Gasteiger partial charge in [0.1, 0.15) is 5.75 Å². The first-order valence-electron chi connectivity index (χ1n) is 6.97. The Morgan fingerprint density at radius 1 is 1.09 bits per heavy atom. The second-order valence-corrected chi connectivity index (χ2v) is 5.40. The number of ether oxygens (including phenoxy) is 1. The van der Waals surface area contributed by atoms with Gasteiger partial charge < -0.3 is 9.64 Å². The predicted molar refractivity (Wildman–Crippen MR) is 84.6 cm³/mol. The minimum absolute atomic E-state index is 0.339. The lowest BCUT2D eigenvalue weighted by molar-refractivity contribution is -0.114. The summed E-state index contributed by atoms with van der Waals surface area (Å²) in [5.41, 5.74) is 1.89. The first-order chi connectivity index (χ1) is 10.6. The van der Waals surface area contributed by atoms with Gasteiger partial charge in [0, 0.05) is 5.02 Å². The fraction of sp³-hybridized carbons (Fsp3) is 0.176. The van der Waals surface area contributed by atoms with Crippen molar-refractivity contribution in [2.24, 2.45) is 0 Å². The van der Waals surface area contributed by atoms with Gasteiger partial charge >= 0.3 is 0 Å². The fourth-order valence-corrected chi connectivity index (χ4v) is 2.64. The third kappa shape index (κ3) is 2.57. The monoisotopic (exact) mass is 315 g/mol. The molecule has 1 aliphatic rings. The Hall–Kier alpha value is -2.33. The molecule has 112 valence electrons. The average Bonchev–Trinajstić information content (AvgIpc) is 2.74. The summed E-state index contributed by atoms with van der Waals surface area (Å²) in [7, 11) is 0. The number of hydrogen-bond acceptors (Lipinski definition) is 3. The molecule has 0 saturated carbocycles. The molecule has 1 amide bonds. The third-order valence-corrected chi connectivity index (χ3v) is 3.74. The highest BCUT2D eigenvalue weighted by molar-refractivity contribution is 6.52. The number of hydrogen-bond donors (Lipinski definition) is 0. The number of carbonyl (C=O) groups is 2. The molecule has 0 bridgehead atoms. The second-order valence-electron chi connectivity index (χ2n) is 4.96. The van der Waals surface area contributed by atoms with E-state index in [1.165, 1.54) is 11.0 Å². The van der Waals surface area contributed by atoms with Crippen LogP contribution in [0.1, 0.15) is 22.8 Å². The molecule has 4 nitrogen and oxygen atoms in total. The largest absolute Gasteiger partial charge is 0.494 e. The molecule has 0 radical (unpaired) electrons. The van der Waals surface area contributed by atoms with Gasteiger partial charge in [0.25, 0.3) is 11.7 Å². The van der Waals surface area contributed by atoms with Gasteiger partial charge in [0.15, 0.2) is 0 Å². The number of anilines is 1. The van der Waals surface area contributed by atoms with E-state index in [0.29, 0.717) is 29.4 Å². The lowest BCUT2D eigenvalue weighted by Crippen LogP contribution is -2.29. The van der Waals surface area contributed by atoms with E-state index in [1.807, 2.05) is 31.2 Å². The lowest BCUT2D eigenvalue weighted by Gasteiger charge is -2.16. The Kier molecular flexibility index (Phi) is 3.86. The van der Waals surface area contributed by atoms with E-state index in [2.05, 4.69) is 0 Å². The van der Waals surface area contributed by atoms with Crippen LogP contribution < -0.4 is 9.64 Å². The summed E-state index contributed by atoms with van der Waals surface area (Å²) >= 11 is 5.90. The van der Waals surface area contributed by atoms with Crippen LogP contribution in [-0.2, 0) is 11.3 Å². The quantitative estimate of drug-likeness (QED) is 0.812. The smallest absolute Gasteiger partial charge is 0.299 e. The summed E-state index contributed by atoms with van der Waals surface area (Å²) in [4.78, 5) is 25.7. The van der Waals surface area contributed by atoms with Crippen LogP contribution in [-0.4, -0.2) is 18.3 Å². The fourth-order valence-electron chi connectivity index (χ4n) is 2.47. The summed E-state index contributed by atoms with van der Waals surface area (Å²) in [6.45, 7) is 2.86. The molecule has 0 atom stereocenters. The number of ketones is 1. The number of rotatable bonds is 4. The van der Waals surface area contributed by atoms with Crippen LogP contribution in [0.5, 0.6) is 5.75 Å². The number of fused-ring (bicyclic) bond motifs is 1. The minimum Gasteiger partial charge on any atom is -0.494 e. The maximum absolute atomic E-state index is 12.2. The van der Waals surface area contributed by atoms with Crippen LogP contribution in [0.3, 0.4) is 0 Å². The molecule has 0 N–H and O–H groups in total. The lowest BCUT2D eigenvalue weighted by atomic mass is 10.1. The van der Waals surface area contributed by atoms with E-state index in [0.717, 1.165) is 11.3 Å². The van der Waals surface area contributed by atoms with Gasteiger partial charge in [-0.1, -0.05) is 23.7 Å². The van der Waals surface area contributed by atoms with Crippen molar-refractivity contribution in [3.05, 3.63) is 58.6 Å². The molecule has 1 heterocycles. The van der Waals surface area contributed by atoms with Gasteiger partial charge in [-0.15, -0.1) is 0 Å². The van der Waals surface area contributed by atoms with Crippen molar-refractivity contribution in [3.8, 4) is 5.75 Å². The van der Waals surface area contributed by atoms with E-state index in [9.17, 15) is 9.59 Å². The second kappa shape index (κ2) is 5.81. The highest BCUT2D eigenvalue weighted by Gasteiger charge is 2.35. The van der Waals surface area contributed by atoms with Gasteiger partial charge in [0.2, 0.25) is 0 Å². The summed E-state index contributed by atoms with van der Waals surface area (Å²) in [5.74, 6) is -0.253. The van der Waals surface area contributed by atoms with Crippen molar-refractivity contribution >= 4 is 29.0 Å². The van der Waals surface area contributed by atoms with Crippen LogP contribution >= 0.6 is 11.6 Å². The van der Waals surface area contributed by atoms with Gasteiger partial charge in [0.05, 0.1) is 24.4 Å². The van der Waals surface area contributed by atoms with Crippen molar-refractivity contribution in [2.75, 3.05) is 11.5 Å². The Balaban J connectivity index is 1.87. The maximum atomic E-state index is 12.2. The van der Waals surface area contributed by atoms with Crippen LogP contribution in [0.2, 0.25) is 5.02 Å². The van der Waals surface area contributed by atoms with Crippen molar-refractivity contribution in [1.82, 2.24) is 0 Å². The number of halogens is 1. The zero-order chi connectivity index (χ0) is 15.7. The van der Waals surface area contributed by atoms with Crippen molar-refractivity contribution in [3.63, 3.8) is 0 Å². The van der Waals surface area contributed by atoms with E-state index in [1.54, 1.807) is 12.1 Å². The molecule has 22 heavy (non-hydrogen) atoms. The normalized spacial score (nSPS) is 13.5. The molecule has 0 spiro atoms. The third-order valence-electron chi connectivity index (χ3n) is 3.51.